The fraction of sp³-hybridized carbons (Fsp3) is 0.517. The van der Waals surface area contributed by atoms with Crippen molar-refractivity contribution in [2.24, 2.45) is 5.92 Å². The molecule has 0 aromatic heterocycles. The summed E-state index contributed by atoms with van der Waals surface area (Å²) in [7, 11) is 2.15. The van der Waals surface area contributed by atoms with Gasteiger partial charge in [0.2, 0.25) is 11.8 Å². The predicted molar refractivity (Wildman–Crippen MR) is 143 cm³/mol. The topological polar surface area (TPSA) is 73.5 Å². The highest BCUT2D eigenvalue weighted by atomic mass is 16.2. The minimum atomic E-state index is -0.333. The van der Waals surface area contributed by atoms with Gasteiger partial charge in [0.05, 0.1) is 22.7 Å². The summed E-state index contributed by atoms with van der Waals surface area (Å²) in [6.07, 6.45) is 12.2. The van der Waals surface area contributed by atoms with Crippen LogP contribution in [0.2, 0.25) is 0 Å². The van der Waals surface area contributed by atoms with Crippen LogP contribution in [0.25, 0.3) is 0 Å². The third-order valence-corrected chi connectivity index (χ3v) is 8.06. The first kappa shape index (κ1) is 23.7. The van der Waals surface area contributed by atoms with E-state index < -0.39 is 0 Å². The molecule has 6 heteroatoms. The highest BCUT2D eigenvalue weighted by Crippen LogP contribution is 2.40. The summed E-state index contributed by atoms with van der Waals surface area (Å²) in [6.45, 7) is 0. The van der Waals surface area contributed by atoms with Gasteiger partial charge in [0, 0.05) is 25.4 Å². The lowest BCUT2D eigenvalue weighted by Crippen LogP contribution is -2.41. The molecule has 1 aliphatic heterocycles. The van der Waals surface area contributed by atoms with E-state index in [0.29, 0.717) is 12.5 Å². The molecule has 186 valence electrons. The number of benzene rings is 2. The van der Waals surface area contributed by atoms with Crippen molar-refractivity contribution in [2.45, 2.75) is 82.7 Å². The summed E-state index contributed by atoms with van der Waals surface area (Å²) in [6, 6.07) is 14.3. The molecule has 3 aliphatic rings. The van der Waals surface area contributed by atoms with Crippen LogP contribution in [0.5, 0.6) is 0 Å². The molecule has 2 aliphatic carbocycles. The molecule has 6 nitrogen and oxygen atoms in total. The van der Waals surface area contributed by atoms with E-state index in [9.17, 15) is 9.59 Å². The number of carbonyl (C=O) groups excluding carboxylic acids is 2. The van der Waals surface area contributed by atoms with Crippen LogP contribution in [0.1, 0.15) is 69.8 Å². The second-order valence-corrected chi connectivity index (χ2v) is 10.5. The van der Waals surface area contributed by atoms with Crippen LogP contribution in [0.3, 0.4) is 0 Å². The molecule has 0 radical (unpaired) electrons. The Morgan fingerprint density at radius 2 is 1.63 bits per heavy atom. The maximum Gasteiger partial charge on any atom is 0.247 e. The first-order chi connectivity index (χ1) is 17.1. The summed E-state index contributed by atoms with van der Waals surface area (Å²) in [5.41, 5.74) is 4.61. The molecule has 5 rings (SSSR count). The van der Waals surface area contributed by atoms with E-state index in [-0.39, 0.29) is 23.8 Å². The average Bonchev–Trinajstić information content (AvgIpc) is 2.90. The molecule has 0 bridgehead atoms. The Morgan fingerprint density at radius 1 is 0.943 bits per heavy atom. The van der Waals surface area contributed by atoms with Gasteiger partial charge in [0.1, 0.15) is 6.04 Å². The van der Waals surface area contributed by atoms with Gasteiger partial charge >= 0.3 is 0 Å². The van der Waals surface area contributed by atoms with Gasteiger partial charge in [0.25, 0.3) is 0 Å². The van der Waals surface area contributed by atoms with Crippen LogP contribution in [0, 0.1) is 5.92 Å². The van der Waals surface area contributed by atoms with Crippen molar-refractivity contribution in [3.8, 4) is 0 Å². The van der Waals surface area contributed by atoms with Gasteiger partial charge < -0.3 is 20.9 Å². The number of fused-ring (bicyclic) bond motifs is 1. The summed E-state index contributed by atoms with van der Waals surface area (Å²) in [5, 5.41) is 9.84. The summed E-state index contributed by atoms with van der Waals surface area (Å²) in [5.74, 6) is 0.148. The number of anilines is 4. The molecule has 1 heterocycles. The first-order valence-corrected chi connectivity index (χ1v) is 13.4. The van der Waals surface area contributed by atoms with Crippen molar-refractivity contribution in [3.05, 3.63) is 48.0 Å². The smallest absolute Gasteiger partial charge is 0.247 e. The second kappa shape index (κ2) is 10.7. The monoisotopic (exact) mass is 474 g/mol. The van der Waals surface area contributed by atoms with Crippen molar-refractivity contribution < 1.29 is 9.59 Å². The fourth-order valence-corrected chi connectivity index (χ4v) is 5.93. The number of hydrogen-bond donors (Lipinski definition) is 3. The molecule has 35 heavy (non-hydrogen) atoms. The van der Waals surface area contributed by atoms with Crippen LogP contribution in [0.15, 0.2) is 42.5 Å². The molecular weight excluding hydrogens is 436 g/mol. The lowest BCUT2D eigenvalue weighted by molar-refractivity contribution is -0.120. The van der Waals surface area contributed by atoms with Crippen LogP contribution in [-0.2, 0) is 16.0 Å². The maximum atomic E-state index is 13.2. The summed E-state index contributed by atoms with van der Waals surface area (Å²) in [4.78, 5) is 28.5. The molecule has 1 atom stereocenters. The molecule has 2 amide bonds. The van der Waals surface area contributed by atoms with Crippen molar-refractivity contribution in [1.29, 1.82) is 0 Å². The third-order valence-electron chi connectivity index (χ3n) is 8.06. The van der Waals surface area contributed by atoms with Gasteiger partial charge in [-0.15, -0.1) is 0 Å². The van der Waals surface area contributed by atoms with Gasteiger partial charge in [-0.1, -0.05) is 68.9 Å². The number of amides is 2. The van der Waals surface area contributed by atoms with E-state index in [1.54, 1.807) is 0 Å². The highest BCUT2D eigenvalue weighted by molar-refractivity contribution is 6.06. The van der Waals surface area contributed by atoms with Gasteiger partial charge in [-0.3, -0.25) is 9.59 Å². The Balaban J connectivity index is 1.43. The lowest BCUT2D eigenvalue weighted by atomic mass is 9.88. The van der Waals surface area contributed by atoms with Crippen molar-refractivity contribution in [1.82, 2.24) is 0 Å². The van der Waals surface area contributed by atoms with Gasteiger partial charge in [-0.2, -0.15) is 0 Å². The van der Waals surface area contributed by atoms with E-state index in [0.717, 1.165) is 54.0 Å². The van der Waals surface area contributed by atoms with E-state index in [1.165, 1.54) is 38.5 Å². The zero-order valence-corrected chi connectivity index (χ0v) is 20.8. The number of hydrogen-bond acceptors (Lipinski definition) is 4. The second-order valence-electron chi connectivity index (χ2n) is 10.5. The largest absolute Gasteiger partial charge is 0.372 e. The Labute approximate surface area is 208 Å². The van der Waals surface area contributed by atoms with Crippen LogP contribution < -0.4 is 20.9 Å². The number of rotatable bonds is 6. The molecule has 1 unspecified atom stereocenters. The molecule has 2 fully saturated rings. The van der Waals surface area contributed by atoms with Crippen molar-refractivity contribution in [2.75, 3.05) is 27.9 Å². The van der Waals surface area contributed by atoms with Gasteiger partial charge in [0.15, 0.2) is 0 Å². The molecule has 2 saturated carbocycles. The summed E-state index contributed by atoms with van der Waals surface area (Å²) >= 11 is 0. The van der Waals surface area contributed by atoms with E-state index in [2.05, 4.69) is 46.1 Å². The number of nitrogens with zero attached hydrogens (tertiary/aromatic N) is 1. The predicted octanol–water partition coefficient (Wildman–Crippen LogP) is 5.95. The van der Waals surface area contributed by atoms with Crippen LogP contribution >= 0.6 is 0 Å². The molecule has 3 N–H and O–H groups in total. The Bertz CT molecular complexity index is 1040. The van der Waals surface area contributed by atoms with Crippen LogP contribution in [0.4, 0.5) is 22.7 Å². The van der Waals surface area contributed by atoms with Crippen molar-refractivity contribution >= 4 is 34.6 Å². The van der Waals surface area contributed by atoms with E-state index >= 15 is 0 Å². The maximum absolute atomic E-state index is 13.2. The molecular formula is C29H38N4O2. The quantitative estimate of drug-likeness (QED) is 0.484. The van der Waals surface area contributed by atoms with E-state index in [4.69, 9.17) is 0 Å². The van der Waals surface area contributed by atoms with Gasteiger partial charge in [-0.05, 0) is 43.4 Å². The van der Waals surface area contributed by atoms with E-state index in [1.807, 2.05) is 24.3 Å². The minimum Gasteiger partial charge on any atom is -0.372 e. The van der Waals surface area contributed by atoms with Crippen LogP contribution in [-0.4, -0.2) is 30.9 Å². The standard InChI is InChI=1S/C29H38N4O2/c1-33(22-15-9-4-10-16-22)27-19-24-23(18-25(27)32-28(34)21-13-7-3-8-14-21)31-29(35)26(30-24)17-20-11-5-2-6-12-20/h2,5-6,11-12,18-19,21-22,26,30H,3-4,7-10,13-17H2,1H3,(H,31,35)(H,32,34). The molecule has 0 saturated heterocycles. The highest BCUT2D eigenvalue weighted by Gasteiger charge is 2.30. The zero-order chi connectivity index (χ0) is 24.2. The third kappa shape index (κ3) is 5.47. The molecule has 2 aromatic rings. The minimum absolute atomic E-state index is 0.0423. The average molecular weight is 475 g/mol. The first-order valence-electron chi connectivity index (χ1n) is 13.4. The van der Waals surface area contributed by atoms with Gasteiger partial charge in [-0.25, -0.2) is 0 Å². The van der Waals surface area contributed by atoms with Crippen molar-refractivity contribution in [3.63, 3.8) is 0 Å². The molecule has 2 aromatic carbocycles. The number of carbonyl (C=O) groups is 2. The fourth-order valence-electron chi connectivity index (χ4n) is 5.93. The summed E-state index contributed by atoms with van der Waals surface area (Å²) < 4.78 is 0. The zero-order valence-electron chi connectivity index (χ0n) is 20.8. The Kier molecular flexibility index (Phi) is 7.26. The number of nitrogens with one attached hydrogen (secondary N) is 3. The SMILES string of the molecule is CN(c1cc2c(cc1NC(=O)C1CCCCC1)NC(=O)C(Cc1ccccc1)N2)C1CCCCC1. The lowest BCUT2D eigenvalue weighted by Gasteiger charge is -2.36. The Morgan fingerprint density at radius 3 is 2.34 bits per heavy atom. The normalized spacial score (nSPS) is 20.9. The Hall–Kier alpha value is -3.02. The molecule has 0 spiro atoms.